The van der Waals surface area contributed by atoms with Crippen molar-refractivity contribution < 1.29 is 19.4 Å². The van der Waals surface area contributed by atoms with Gasteiger partial charge in [-0.05, 0) is 0 Å². The Balaban J connectivity index is 3.71. The van der Waals surface area contributed by atoms with E-state index >= 15 is 0 Å². The minimum atomic E-state index is -1.42. The summed E-state index contributed by atoms with van der Waals surface area (Å²) in [6.45, 7) is 0. The molecule has 0 amide bonds. The summed E-state index contributed by atoms with van der Waals surface area (Å²) in [4.78, 5) is 19.7. The second-order valence-electron chi connectivity index (χ2n) is 1.18. The van der Waals surface area contributed by atoms with Crippen molar-refractivity contribution in [3.63, 3.8) is 0 Å². The molecule has 0 fully saturated rings. The van der Waals surface area contributed by atoms with E-state index in [1.54, 1.807) is 0 Å². The molecule has 0 unspecified atom stereocenters. The van der Waals surface area contributed by atoms with E-state index in [2.05, 4.69) is 4.74 Å². The lowest BCUT2D eigenvalue weighted by atomic mass is 10.5. The molecule has 0 rings (SSSR count). The highest BCUT2D eigenvalue weighted by atomic mass is 16.5. The molecule has 1 radical (unpaired) electrons. The molecule has 4 nitrogen and oxygen atoms in total. The third-order valence-corrected chi connectivity index (χ3v) is 0.557. The predicted octanol–water partition coefficient (Wildman–Crippen LogP) is -0.327. The minimum Gasteiger partial charge on any atom is -0.466 e. The number of hydrogen-bond acceptors (Lipinski definition) is 3. The van der Waals surface area contributed by atoms with Crippen LogP contribution in [0.5, 0.6) is 0 Å². The van der Waals surface area contributed by atoms with E-state index in [1.807, 2.05) is 0 Å². The van der Waals surface area contributed by atoms with E-state index in [4.69, 9.17) is 0 Å². The van der Waals surface area contributed by atoms with Crippen molar-refractivity contribution in [3.8, 4) is 0 Å². The maximum absolute atomic E-state index is 10.1. The zero-order valence-corrected chi connectivity index (χ0v) is 4.79. The molecular formula is C5H5O4. The molecule has 9 heavy (non-hydrogen) atoms. The highest BCUT2D eigenvalue weighted by Crippen LogP contribution is 1.76. The number of methoxy groups -OCH3 is 1. The maximum atomic E-state index is 10.1. The van der Waals surface area contributed by atoms with Crippen LogP contribution in [0, 0.1) is 0 Å². The van der Waals surface area contributed by atoms with Crippen molar-refractivity contribution >= 4 is 11.9 Å². The van der Waals surface area contributed by atoms with Gasteiger partial charge < -0.3 is 4.74 Å². The Labute approximate surface area is 51.7 Å². The fourth-order valence-electron chi connectivity index (χ4n) is 0.204. The van der Waals surface area contributed by atoms with Crippen molar-refractivity contribution in [1.82, 2.24) is 0 Å². The fourth-order valence-corrected chi connectivity index (χ4v) is 0.204. The first-order valence-electron chi connectivity index (χ1n) is 2.14. The van der Waals surface area contributed by atoms with Crippen LogP contribution in [0.15, 0.2) is 12.2 Å². The zero-order chi connectivity index (χ0) is 7.28. The van der Waals surface area contributed by atoms with Crippen LogP contribution in [0.1, 0.15) is 0 Å². The molecule has 0 aromatic carbocycles. The van der Waals surface area contributed by atoms with Crippen molar-refractivity contribution in [2.45, 2.75) is 0 Å². The third kappa shape index (κ3) is 4.53. The first-order chi connectivity index (χ1) is 4.16. The standard InChI is InChI=1S/C5H5O4/c1-9-5(8)3-2-4(6)7/h2-3H,1H3/b3-2-. The zero-order valence-electron chi connectivity index (χ0n) is 4.79. The molecule has 0 saturated carbocycles. The quantitative estimate of drug-likeness (QED) is 0.379. The van der Waals surface area contributed by atoms with Gasteiger partial charge >= 0.3 is 11.9 Å². The molecule has 49 valence electrons. The monoisotopic (exact) mass is 129 g/mol. The van der Waals surface area contributed by atoms with E-state index in [9.17, 15) is 14.7 Å². The summed E-state index contributed by atoms with van der Waals surface area (Å²) >= 11 is 0. The lowest BCUT2D eigenvalue weighted by Crippen LogP contribution is -1.95. The maximum Gasteiger partial charge on any atom is 0.379 e. The van der Waals surface area contributed by atoms with Gasteiger partial charge in [-0.3, -0.25) is 0 Å². The Hall–Kier alpha value is -1.32. The summed E-state index contributed by atoms with van der Waals surface area (Å²) in [5.74, 6) is -2.13. The molecule has 0 saturated heterocycles. The van der Waals surface area contributed by atoms with Crippen LogP contribution in [0.25, 0.3) is 0 Å². The van der Waals surface area contributed by atoms with Crippen molar-refractivity contribution in [2.24, 2.45) is 0 Å². The Kier molecular flexibility index (Phi) is 3.12. The van der Waals surface area contributed by atoms with Gasteiger partial charge in [-0.15, -0.1) is 0 Å². The minimum absolute atomic E-state index is 0.603. The number of hydrogen-bond donors (Lipinski definition) is 0. The highest BCUT2D eigenvalue weighted by Gasteiger charge is 1.93. The van der Waals surface area contributed by atoms with E-state index in [0.717, 1.165) is 13.2 Å². The van der Waals surface area contributed by atoms with Crippen LogP contribution in [-0.2, 0) is 19.4 Å². The Bertz CT molecular complexity index is 147. The Morgan fingerprint density at radius 1 is 1.33 bits per heavy atom. The highest BCUT2D eigenvalue weighted by molar-refractivity contribution is 5.90. The van der Waals surface area contributed by atoms with E-state index in [0.29, 0.717) is 6.08 Å². The number of ether oxygens (including phenoxy) is 1. The van der Waals surface area contributed by atoms with Gasteiger partial charge in [-0.25, -0.2) is 14.7 Å². The van der Waals surface area contributed by atoms with Gasteiger partial charge in [0.05, 0.1) is 7.11 Å². The van der Waals surface area contributed by atoms with Crippen LogP contribution < -0.4 is 0 Å². The third-order valence-electron chi connectivity index (χ3n) is 0.557. The lowest BCUT2D eigenvalue weighted by molar-refractivity contribution is -0.139. The predicted molar refractivity (Wildman–Crippen MR) is 26.8 cm³/mol. The molecule has 0 atom stereocenters. The Morgan fingerprint density at radius 2 is 1.89 bits per heavy atom. The van der Waals surface area contributed by atoms with E-state index < -0.39 is 11.9 Å². The van der Waals surface area contributed by atoms with Crippen LogP contribution >= 0.6 is 0 Å². The molecule has 0 aromatic rings. The van der Waals surface area contributed by atoms with Gasteiger partial charge in [-0.1, -0.05) is 0 Å². The number of rotatable bonds is 2. The van der Waals surface area contributed by atoms with Crippen LogP contribution in [0.3, 0.4) is 0 Å². The number of carbonyl (C=O) groups is 2. The average Bonchev–Trinajstić information content (AvgIpc) is 1.83. The molecule has 0 aliphatic heterocycles. The van der Waals surface area contributed by atoms with Crippen LogP contribution in [-0.4, -0.2) is 19.0 Å². The summed E-state index contributed by atoms with van der Waals surface area (Å²) in [5, 5.41) is 9.61. The first-order valence-corrected chi connectivity index (χ1v) is 2.14. The molecule has 4 heteroatoms. The van der Waals surface area contributed by atoms with Gasteiger partial charge in [0.1, 0.15) is 0 Å². The van der Waals surface area contributed by atoms with Gasteiger partial charge in [0.2, 0.25) is 0 Å². The van der Waals surface area contributed by atoms with Gasteiger partial charge in [0.25, 0.3) is 0 Å². The molecule has 0 aromatic heterocycles. The summed E-state index contributed by atoms with van der Waals surface area (Å²) in [6, 6.07) is 0. The normalized spacial score (nSPS) is 9.44. The second kappa shape index (κ2) is 3.65. The fraction of sp³-hybridized carbons (Fsp3) is 0.200. The summed E-state index contributed by atoms with van der Waals surface area (Å²) in [5.41, 5.74) is 0. The number of carbonyl (C=O) groups excluding carboxylic acids is 2. The molecule has 0 aliphatic carbocycles. The first kappa shape index (κ1) is 7.68. The molecule has 0 heterocycles. The van der Waals surface area contributed by atoms with Crippen molar-refractivity contribution in [1.29, 1.82) is 0 Å². The van der Waals surface area contributed by atoms with Gasteiger partial charge in [0, 0.05) is 12.2 Å². The molecule has 0 N–H and O–H groups in total. The summed E-state index contributed by atoms with van der Waals surface area (Å²) in [6.07, 6.45) is 1.38. The molecule has 0 bridgehead atoms. The second-order valence-corrected chi connectivity index (χ2v) is 1.18. The topological polar surface area (TPSA) is 63.3 Å². The van der Waals surface area contributed by atoms with Crippen LogP contribution in [0.2, 0.25) is 0 Å². The molecular weight excluding hydrogens is 124 g/mol. The summed E-state index contributed by atoms with van der Waals surface area (Å²) < 4.78 is 4.08. The Morgan fingerprint density at radius 3 is 2.22 bits per heavy atom. The largest absolute Gasteiger partial charge is 0.466 e. The van der Waals surface area contributed by atoms with E-state index in [-0.39, 0.29) is 0 Å². The molecule has 0 aliphatic rings. The lowest BCUT2D eigenvalue weighted by Gasteiger charge is -1.85. The number of esters is 1. The van der Waals surface area contributed by atoms with Crippen molar-refractivity contribution in [3.05, 3.63) is 12.2 Å². The van der Waals surface area contributed by atoms with E-state index in [1.165, 1.54) is 0 Å². The van der Waals surface area contributed by atoms with Crippen molar-refractivity contribution in [2.75, 3.05) is 7.11 Å². The molecule has 0 spiro atoms. The smallest absolute Gasteiger partial charge is 0.379 e. The summed E-state index contributed by atoms with van der Waals surface area (Å²) in [7, 11) is 1.15. The SMILES string of the molecule is COC(=O)/C=C\C([O])=O. The van der Waals surface area contributed by atoms with Gasteiger partial charge in [-0.2, -0.15) is 0 Å². The average molecular weight is 129 g/mol. The van der Waals surface area contributed by atoms with Gasteiger partial charge in [0.15, 0.2) is 0 Å². The van der Waals surface area contributed by atoms with Crippen LogP contribution in [0.4, 0.5) is 0 Å².